The molecule has 0 bridgehead atoms. The molecule has 0 aliphatic rings. The third kappa shape index (κ3) is 5.96. The van der Waals surface area contributed by atoms with Crippen molar-refractivity contribution < 1.29 is 17.9 Å². The number of carbonyl (C=O) groups excluding carboxylic acids is 1. The Morgan fingerprint density at radius 2 is 1.86 bits per heavy atom. The maximum absolute atomic E-state index is 13.4. The van der Waals surface area contributed by atoms with Crippen molar-refractivity contribution in [2.45, 2.75) is 44.6 Å². The predicted octanol–water partition coefficient (Wildman–Crippen LogP) is 4.27. The minimum Gasteiger partial charge on any atom is -0.496 e. The number of amides is 1. The molecular formula is C21H27BrN2O4S. The number of nitrogens with one attached hydrogen (secondary N) is 1. The van der Waals surface area contributed by atoms with E-state index in [1.807, 2.05) is 32.9 Å². The van der Waals surface area contributed by atoms with Gasteiger partial charge in [-0.15, -0.1) is 0 Å². The second-order valence-corrected chi connectivity index (χ2v) is 9.62. The zero-order valence-electron chi connectivity index (χ0n) is 17.1. The third-order valence-electron chi connectivity index (χ3n) is 4.45. The van der Waals surface area contributed by atoms with Crippen LogP contribution in [0.15, 0.2) is 51.8 Å². The summed E-state index contributed by atoms with van der Waals surface area (Å²) in [6, 6.07) is 11.5. The normalized spacial score (nSPS) is 12.3. The molecule has 0 heterocycles. The number of ether oxygens (including phenoxy) is 1. The van der Waals surface area contributed by atoms with E-state index in [9.17, 15) is 13.2 Å². The first-order chi connectivity index (χ1) is 13.7. The number of aryl methyl sites for hydroxylation is 1. The molecule has 2 aromatic rings. The standard InChI is InChI=1S/C21H27BrN2O4S/c1-5-6-16(3)23-21(25)14-24(17-9-7-15(2)8-10-17)29(26,27)18-11-12-20(28-4)19(22)13-18/h7-13,16H,5-6,14H2,1-4H3,(H,23,25). The third-order valence-corrected chi connectivity index (χ3v) is 6.84. The number of sulfonamides is 1. The summed E-state index contributed by atoms with van der Waals surface area (Å²) in [5.74, 6) is 0.180. The monoisotopic (exact) mass is 482 g/mol. The summed E-state index contributed by atoms with van der Waals surface area (Å²) < 4.78 is 33.6. The second-order valence-electron chi connectivity index (χ2n) is 6.90. The Bertz CT molecular complexity index is 946. The number of methoxy groups -OCH3 is 1. The molecule has 2 rings (SSSR count). The van der Waals surface area contributed by atoms with Crippen molar-refractivity contribution in [3.8, 4) is 5.75 Å². The molecule has 0 saturated carbocycles. The Kier molecular flexibility index (Phi) is 8.10. The van der Waals surface area contributed by atoms with Crippen molar-refractivity contribution in [2.24, 2.45) is 0 Å². The van der Waals surface area contributed by atoms with E-state index < -0.39 is 10.0 Å². The molecule has 1 unspecified atom stereocenters. The van der Waals surface area contributed by atoms with Crippen LogP contribution in [0.4, 0.5) is 5.69 Å². The molecule has 0 saturated heterocycles. The lowest BCUT2D eigenvalue weighted by molar-refractivity contribution is -0.120. The first kappa shape index (κ1) is 23.2. The van der Waals surface area contributed by atoms with Crippen molar-refractivity contribution in [3.05, 3.63) is 52.5 Å². The zero-order chi connectivity index (χ0) is 21.6. The molecule has 6 nitrogen and oxygen atoms in total. The number of carbonyl (C=O) groups is 1. The molecule has 2 aromatic carbocycles. The highest BCUT2D eigenvalue weighted by Gasteiger charge is 2.28. The van der Waals surface area contributed by atoms with Crippen molar-refractivity contribution in [2.75, 3.05) is 18.0 Å². The molecule has 0 aliphatic heterocycles. The van der Waals surface area contributed by atoms with E-state index in [1.54, 1.807) is 18.2 Å². The molecule has 0 aliphatic carbocycles. The van der Waals surface area contributed by atoms with Gasteiger partial charge in [0.1, 0.15) is 12.3 Å². The van der Waals surface area contributed by atoms with Gasteiger partial charge in [0.25, 0.3) is 10.0 Å². The maximum Gasteiger partial charge on any atom is 0.264 e. The highest BCUT2D eigenvalue weighted by Crippen LogP contribution is 2.30. The maximum atomic E-state index is 13.4. The molecule has 158 valence electrons. The number of hydrogen-bond donors (Lipinski definition) is 1. The topological polar surface area (TPSA) is 75.7 Å². The van der Waals surface area contributed by atoms with Gasteiger partial charge in [-0.2, -0.15) is 0 Å². The van der Waals surface area contributed by atoms with E-state index >= 15 is 0 Å². The Hall–Kier alpha value is -2.06. The smallest absolute Gasteiger partial charge is 0.264 e. The molecule has 8 heteroatoms. The van der Waals surface area contributed by atoms with Crippen LogP contribution in [0.1, 0.15) is 32.3 Å². The highest BCUT2D eigenvalue weighted by atomic mass is 79.9. The van der Waals surface area contributed by atoms with Crippen LogP contribution in [0.3, 0.4) is 0 Å². The summed E-state index contributed by atoms with van der Waals surface area (Å²) in [7, 11) is -2.46. The summed E-state index contributed by atoms with van der Waals surface area (Å²) in [6.07, 6.45) is 1.76. The molecule has 1 amide bonds. The van der Waals surface area contributed by atoms with Gasteiger partial charge in [0.15, 0.2) is 0 Å². The highest BCUT2D eigenvalue weighted by molar-refractivity contribution is 9.10. The fourth-order valence-electron chi connectivity index (χ4n) is 2.92. The second kappa shape index (κ2) is 10.1. The molecule has 0 aromatic heterocycles. The fraction of sp³-hybridized carbons (Fsp3) is 0.381. The molecule has 29 heavy (non-hydrogen) atoms. The number of nitrogens with zero attached hydrogens (tertiary/aromatic N) is 1. The number of hydrogen-bond acceptors (Lipinski definition) is 4. The number of halogens is 1. The van der Waals surface area contributed by atoms with Gasteiger partial charge in [0.05, 0.1) is 22.2 Å². The first-order valence-corrected chi connectivity index (χ1v) is 11.6. The van der Waals surface area contributed by atoms with Crippen molar-refractivity contribution in [1.29, 1.82) is 0 Å². The van der Waals surface area contributed by atoms with Gasteiger partial charge in [0, 0.05) is 6.04 Å². The van der Waals surface area contributed by atoms with Gasteiger partial charge < -0.3 is 10.1 Å². The molecular weight excluding hydrogens is 456 g/mol. The van der Waals surface area contributed by atoms with Gasteiger partial charge in [-0.1, -0.05) is 31.0 Å². The van der Waals surface area contributed by atoms with Crippen LogP contribution in [-0.2, 0) is 14.8 Å². The summed E-state index contributed by atoms with van der Waals surface area (Å²) >= 11 is 3.33. The van der Waals surface area contributed by atoms with Gasteiger partial charge >= 0.3 is 0 Å². The van der Waals surface area contributed by atoms with Gasteiger partial charge in [-0.3, -0.25) is 9.10 Å². The molecule has 0 fully saturated rings. The minimum atomic E-state index is -3.97. The van der Waals surface area contributed by atoms with E-state index in [2.05, 4.69) is 21.2 Å². The molecule has 1 N–H and O–H groups in total. The number of anilines is 1. The first-order valence-electron chi connectivity index (χ1n) is 9.41. The van der Waals surface area contributed by atoms with E-state index in [0.29, 0.717) is 15.9 Å². The Morgan fingerprint density at radius 3 is 2.41 bits per heavy atom. The zero-order valence-corrected chi connectivity index (χ0v) is 19.5. The van der Waals surface area contributed by atoms with Crippen LogP contribution in [0.25, 0.3) is 0 Å². The van der Waals surface area contributed by atoms with E-state index in [0.717, 1.165) is 22.7 Å². The molecule has 0 radical (unpaired) electrons. The summed E-state index contributed by atoms with van der Waals surface area (Å²) in [4.78, 5) is 12.6. The van der Waals surface area contributed by atoms with Crippen LogP contribution in [0.2, 0.25) is 0 Å². The lowest BCUT2D eigenvalue weighted by Gasteiger charge is -2.25. The Morgan fingerprint density at radius 1 is 1.21 bits per heavy atom. The fourth-order valence-corrected chi connectivity index (χ4v) is 5.06. The predicted molar refractivity (Wildman–Crippen MR) is 119 cm³/mol. The van der Waals surface area contributed by atoms with Gasteiger partial charge in [-0.05, 0) is 66.5 Å². The Labute approximate surface area is 181 Å². The summed E-state index contributed by atoms with van der Waals surface area (Å²) in [5, 5.41) is 2.87. The number of rotatable bonds is 9. The summed E-state index contributed by atoms with van der Waals surface area (Å²) in [5.41, 5.74) is 1.43. The van der Waals surface area contributed by atoms with Crippen LogP contribution in [0, 0.1) is 6.92 Å². The number of benzene rings is 2. The average molecular weight is 483 g/mol. The van der Waals surface area contributed by atoms with Crippen molar-refractivity contribution in [1.82, 2.24) is 5.32 Å². The summed E-state index contributed by atoms with van der Waals surface area (Å²) in [6.45, 7) is 5.56. The van der Waals surface area contributed by atoms with Crippen LogP contribution < -0.4 is 14.4 Å². The van der Waals surface area contributed by atoms with Crippen molar-refractivity contribution in [3.63, 3.8) is 0 Å². The quantitative estimate of drug-likeness (QED) is 0.578. The lowest BCUT2D eigenvalue weighted by atomic mass is 10.2. The average Bonchev–Trinajstić information content (AvgIpc) is 2.67. The Balaban J connectivity index is 2.41. The minimum absolute atomic E-state index is 0.0230. The van der Waals surface area contributed by atoms with Crippen LogP contribution >= 0.6 is 15.9 Å². The SMILES string of the molecule is CCCC(C)NC(=O)CN(c1ccc(C)cc1)S(=O)(=O)c1ccc(OC)c(Br)c1. The van der Waals surface area contributed by atoms with E-state index in [-0.39, 0.29) is 23.4 Å². The van der Waals surface area contributed by atoms with E-state index in [1.165, 1.54) is 19.2 Å². The molecule has 1 atom stereocenters. The molecule has 0 spiro atoms. The van der Waals surface area contributed by atoms with Crippen LogP contribution in [0.5, 0.6) is 5.75 Å². The largest absolute Gasteiger partial charge is 0.496 e. The lowest BCUT2D eigenvalue weighted by Crippen LogP contribution is -2.43. The van der Waals surface area contributed by atoms with Gasteiger partial charge in [0.2, 0.25) is 5.91 Å². The van der Waals surface area contributed by atoms with Gasteiger partial charge in [-0.25, -0.2) is 8.42 Å². The van der Waals surface area contributed by atoms with Crippen molar-refractivity contribution >= 4 is 37.5 Å². The van der Waals surface area contributed by atoms with E-state index in [4.69, 9.17) is 4.74 Å². The van der Waals surface area contributed by atoms with Crippen LogP contribution in [-0.4, -0.2) is 34.0 Å².